The Labute approximate surface area is 183 Å². The second kappa shape index (κ2) is 11.0. The van der Waals surface area contributed by atoms with Gasteiger partial charge in [0, 0.05) is 39.3 Å². The summed E-state index contributed by atoms with van der Waals surface area (Å²) >= 11 is 0. The van der Waals surface area contributed by atoms with Crippen molar-refractivity contribution >= 4 is 11.8 Å². The highest BCUT2D eigenvalue weighted by atomic mass is 19.1. The third-order valence-corrected chi connectivity index (χ3v) is 5.72. The summed E-state index contributed by atoms with van der Waals surface area (Å²) in [5.41, 5.74) is 3.22. The minimum atomic E-state index is -0.650. The van der Waals surface area contributed by atoms with Gasteiger partial charge in [0.2, 0.25) is 0 Å². The van der Waals surface area contributed by atoms with Crippen LogP contribution in [0.2, 0.25) is 0 Å². The van der Waals surface area contributed by atoms with E-state index in [1.54, 1.807) is 12.1 Å². The van der Waals surface area contributed by atoms with Crippen LogP contribution in [0, 0.1) is 12.7 Å². The van der Waals surface area contributed by atoms with Gasteiger partial charge in [0.05, 0.1) is 6.04 Å². The molecule has 1 aliphatic heterocycles. The van der Waals surface area contributed by atoms with E-state index in [1.165, 1.54) is 17.7 Å². The molecule has 0 saturated carbocycles. The second-order valence-corrected chi connectivity index (χ2v) is 8.11. The molecule has 0 radical (unpaired) electrons. The van der Waals surface area contributed by atoms with Gasteiger partial charge in [-0.05, 0) is 43.7 Å². The van der Waals surface area contributed by atoms with Gasteiger partial charge < -0.3 is 15.5 Å². The number of piperazine rings is 1. The lowest BCUT2D eigenvalue weighted by atomic mass is 10.0. The number of aryl methyl sites for hydroxylation is 1. The average molecular weight is 427 g/mol. The van der Waals surface area contributed by atoms with E-state index < -0.39 is 11.8 Å². The largest absolute Gasteiger partial charge is 0.348 e. The molecule has 2 aromatic rings. The van der Waals surface area contributed by atoms with Crippen LogP contribution >= 0.6 is 0 Å². The van der Waals surface area contributed by atoms with Crippen LogP contribution in [0.3, 0.4) is 0 Å². The maximum absolute atomic E-state index is 13.0. The Morgan fingerprint density at radius 1 is 0.935 bits per heavy atom. The zero-order chi connectivity index (χ0) is 22.2. The molecule has 1 atom stereocenters. The van der Waals surface area contributed by atoms with Crippen LogP contribution in [0.1, 0.15) is 22.7 Å². The predicted molar refractivity (Wildman–Crippen MR) is 119 cm³/mol. The number of nitrogens with zero attached hydrogens (tertiary/aromatic N) is 2. The number of amides is 2. The lowest BCUT2D eigenvalue weighted by Gasteiger charge is -2.38. The van der Waals surface area contributed by atoms with E-state index in [-0.39, 0.29) is 11.9 Å². The van der Waals surface area contributed by atoms with Crippen molar-refractivity contribution < 1.29 is 14.0 Å². The van der Waals surface area contributed by atoms with E-state index in [9.17, 15) is 14.0 Å². The maximum Gasteiger partial charge on any atom is 0.309 e. The Kier molecular flexibility index (Phi) is 8.14. The molecule has 3 rings (SSSR count). The molecule has 0 bridgehead atoms. The van der Waals surface area contributed by atoms with Crippen LogP contribution in [-0.4, -0.2) is 67.9 Å². The molecule has 7 heteroatoms. The van der Waals surface area contributed by atoms with Crippen LogP contribution in [0.25, 0.3) is 0 Å². The summed E-state index contributed by atoms with van der Waals surface area (Å²) in [6, 6.07) is 14.4. The van der Waals surface area contributed by atoms with Crippen molar-refractivity contribution in [2.24, 2.45) is 0 Å². The fraction of sp³-hybridized carbons (Fsp3) is 0.417. The lowest BCUT2D eigenvalue weighted by Crippen LogP contribution is -2.49. The summed E-state index contributed by atoms with van der Waals surface area (Å²) in [7, 11) is 2.11. The zero-order valence-corrected chi connectivity index (χ0v) is 18.2. The van der Waals surface area contributed by atoms with Gasteiger partial charge in [-0.3, -0.25) is 14.5 Å². The van der Waals surface area contributed by atoms with E-state index in [4.69, 9.17) is 0 Å². The summed E-state index contributed by atoms with van der Waals surface area (Å²) < 4.78 is 13.0. The van der Waals surface area contributed by atoms with Crippen LogP contribution in [0.5, 0.6) is 0 Å². The van der Waals surface area contributed by atoms with Crippen molar-refractivity contribution in [3.63, 3.8) is 0 Å². The minimum absolute atomic E-state index is 0.0188. The first-order valence-electron chi connectivity index (χ1n) is 10.7. The molecule has 1 saturated heterocycles. The smallest absolute Gasteiger partial charge is 0.309 e. The van der Waals surface area contributed by atoms with Gasteiger partial charge in [0.15, 0.2) is 0 Å². The normalized spacial score (nSPS) is 16.0. The number of likely N-dealkylation sites (N-methyl/N-ethyl adjacent to an activating group) is 1. The molecular formula is C24H31FN4O2. The SMILES string of the molecule is Cc1ccc([C@H](CNC(=O)C(=O)NCCc2ccc(F)cc2)N2CCN(C)CC2)cc1. The van der Waals surface area contributed by atoms with Gasteiger partial charge in [0.25, 0.3) is 0 Å². The predicted octanol–water partition coefficient (Wildman–Crippen LogP) is 1.90. The molecule has 0 unspecified atom stereocenters. The monoisotopic (exact) mass is 426 g/mol. The van der Waals surface area contributed by atoms with E-state index in [1.807, 2.05) is 6.92 Å². The zero-order valence-electron chi connectivity index (χ0n) is 18.2. The standard InChI is InChI=1S/C24H31FN4O2/c1-18-3-7-20(8-4-18)22(29-15-13-28(2)14-16-29)17-27-24(31)23(30)26-12-11-19-5-9-21(25)10-6-19/h3-10,22H,11-17H2,1-2H3,(H,26,30)(H,27,31)/t22-/m0/s1. The molecule has 0 aliphatic carbocycles. The number of rotatable bonds is 7. The number of benzene rings is 2. The Morgan fingerprint density at radius 3 is 2.19 bits per heavy atom. The summed E-state index contributed by atoms with van der Waals surface area (Å²) in [5.74, 6) is -1.58. The van der Waals surface area contributed by atoms with Crippen molar-refractivity contribution in [2.45, 2.75) is 19.4 Å². The van der Waals surface area contributed by atoms with Gasteiger partial charge in [-0.2, -0.15) is 0 Å². The van der Waals surface area contributed by atoms with Crippen LogP contribution in [-0.2, 0) is 16.0 Å². The molecule has 0 spiro atoms. The fourth-order valence-corrected chi connectivity index (χ4v) is 3.70. The number of carbonyl (C=O) groups excluding carboxylic acids is 2. The molecule has 31 heavy (non-hydrogen) atoms. The summed E-state index contributed by atoms with van der Waals surface area (Å²) in [4.78, 5) is 29.2. The summed E-state index contributed by atoms with van der Waals surface area (Å²) in [6.45, 7) is 6.51. The van der Waals surface area contributed by atoms with Gasteiger partial charge in [-0.1, -0.05) is 42.0 Å². The second-order valence-electron chi connectivity index (χ2n) is 8.11. The fourth-order valence-electron chi connectivity index (χ4n) is 3.70. The highest BCUT2D eigenvalue weighted by Crippen LogP contribution is 2.22. The first-order valence-corrected chi connectivity index (χ1v) is 10.7. The van der Waals surface area contributed by atoms with E-state index in [2.05, 4.69) is 51.7 Å². The molecule has 1 heterocycles. The van der Waals surface area contributed by atoms with E-state index >= 15 is 0 Å². The van der Waals surface area contributed by atoms with Crippen molar-refractivity contribution in [2.75, 3.05) is 46.3 Å². The van der Waals surface area contributed by atoms with Crippen molar-refractivity contribution in [3.05, 3.63) is 71.0 Å². The van der Waals surface area contributed by atoms with E-state index in [0.29, 0.717) is 19.5 Å². The van der Waals surface area contributed by atoms with Crippen LogP contribution in [0.4, 0.5) is 4.39 Å². The maximum atomic E-state index is 13.0. The Balaban J connectivity index is 1.53. The van der Waals surface area contributed by atoms with E-state index in [0.717, 1.165) is 37.3 Å². The third-order valence-electron chi connectivity index (χ3n) is 5.72. The van der Waals surface area contributed by atoms with Gasteiger partial charge in [-0.15, -0.1) is 0 Å². The number of nitrogens with one attached hydrogen (secondary N) is 2. The Morgan fingerprint density at radius 2 is 1.55 bits per heavy atom. The van der Waals surface area contributed by atoms with Crippen LogP contribution in [0.15, 0.2) is 48.5 Å². The van der Waals surface area contributed by atoms with Gasteiger partial charge in [-0.25, -0.2) is 4.39 Å². The lowest BCUT2D eigenvalue weighted by molar-refractivity contribution is -0.139. The van der Waals surface area contributed by atoms with Crippen LogP contribution < -0.4 is 10.6 Å². The topological polar surface area (TPSA) is 64.7 Å². The summed E-state index contributed by atoms with van der Waals surface area (Å²) in [6.07, 6.45) is 0.534. The van der Waals surface area contributed by atoms with Crippen molar-refractivity contribution in [1.29, 1.82) is 0 Å². The molecule has 2 N–H and O–H groups in total. The molecule has 6 nitrogen and oxygen atoms in total. The van der Waals surface area contributed by atoms with Gasteiger partial charge >= 0.3 is 11.8 Å². The molecule has 166 valence electrons. The highest BCUT2D eigenvalue weighted by Gasteiger charge is 2.25. The first-order chi connectivity index (χ1) is 14.9. The molecule has 1 aliphatic rings. The highest BCUT2D eigenvalue weighted by molar-refractivity contribution is 6.35. The quantitative estimate of drug-likeness (QED) is 0.664. The number of hydrogen-bond acceptors (Lipinski definition) is 4. The van der Waals surface area contributed by atoms with Crippen molar-refractivity contribution in [3.8, 4) is 0 Å². The first kappa shape index (κ1) is 22.9. The number of hydrogen-bond donors (Lipinski definition) is 2. The van der Waals surface area contributed by atoms with Gasteiger partial charge in [0.1, 0.15) is 5.82 Å². The molecule has 2 aromatic carbocycles. The number of carbonyl (C=O) groups is 2. The van der Waals surface area contributed by atoms with Crippen molar-refractivity contribution in [1.82, 2.24) is 20.4 Å². The molecule has 0 aromatic heterocycles. The minimum Gasteiger partial charge on any atom is -0.348 e. The Hall–Kier alpha value is -2.77. The molecule has 2 amide bonds. The Bertz CT molecular complexity index is 862. The number of halogens is 1. The summed E-state index contributed by atoms with van der Waals surface area (Å²) in [5, 5.41) is 5.44. The molecule has 1 fully saturated rings. The third kappa shape index (κ3) is 6.87. The molecular weight excluding hydrogens is 395 g/mol. The average Bonchev–Trinajstić information content (AvgIpc) is 2.77.